The van der Waals surface area contributed by atoms with E-state index >= 15 is 0 Å². The van der Waals surface area contributed by atoms with Crippen molar-refractivity contribution in [1.29, 1.82) is 0 Å². The molecule has 1 aromatic heterocycles. The van der Waals surface area contributed by atoms with Crippen molar-refractivity contribution in [3.05, 3.63) is 44.7 Å². The number of sulfone groups is 1. The molecule has 0 atom stereocenters. The highest BCUT2D eigenvalue weighted by Gasteiger charge is 2.49. The van der Waals surface area contributed by atoms with Crippen LogP contribution in [0, 0.1) is 0 Å². The predicted molar refractivity (Wildman–Crippen MR) is 116 cm³/mol. The summed E-state index contributed by atoms with van der Waals surface area (Å²) < 4.78 is 97.6. The number of carbonyl (C=O) groups is 1. The summed E-state index contributed by atoms with van der Waals surface area (Å²) in [5, 5.41) is -0.627. The average Bonchev–Trinajstić information content (AvgIpc) is 3.52. The van der Waals surface area contributed by atoms with Crippen LogP contribution in [0.25, 0.3) is 11.3 Å². The molecule has 1 saturated carbocycles. The van der Waals surface area contributed by atoms with Gasteiger partial charge in [-0.2, -0.15) is 21.6 Å². The van der Waals surface area contributed by atoms with E-state index in [-0.39, 0.29) is 28.4 Å². The number of carbonyl (C=O) groups excluding carboxylic acids is 1. The van der Waals surface area contributed by atoms with Crippen molar-refractivity contribution < 1.29 is 43.7 Å². The van der Waals surface area contributed by atoms with Gasteiger partial charge >= 0.3 is 21.6 Å². The van der Waals surface area contributed by atoms with E-state index in [4.69, 9.17) is 16.3 Å². The fourth-order valence-corrected chi connectivity index (χ4v) is 5.98. The SMILES string of the molecule is CC(C)OC(=O)c1cc2c(n(C3CC3)c1=O)-c1cc(Cl)c(OS(=O)(=O)C(F)(F)F)cc1S(=O)(=O)C2. The minimum Gasteiger partial charge on any atom is -0.459 e. The van der Waals surface area contributed by atoms with Crippen LogP contribution in [0.15, 0.2) is 27.9 Å². The highest BCUT2D eigenvalue weighted by atomic mass is 35.5. The summed E-state index contributed by atoms with van der Waals surface area (Å²) in [6.45, 7) is 3.16. The molecule has 0 spiro atoms. The number of nitrogens with zero attached hydrogens (tertiary/aromatic N) is 1. The van der Waals surface area contributed by atoms with E-state index in [0.717, 1.165) is 12.1 Å². The second kappa shape index (κ2) is 8.23. The number of rotatable bonds is 5. The standard InChI is InChI=1S/C20H17ClF3NO8S2/c1-9(2)32-19(27)13-5-10-8-34(28,29)16-7-15(33-35(30,31)20(22,23)24)14(21)6-12(16)17(10)25(18(13)26)11-3-4-11/h5-7,9,11H,3-4,8H2,1-2H3. The van der Waals surface area contributed by atoms with E-state index < -0.39 is 64.5 Å². The topological polar surface area (TPSA) is 126 Å². The van der Waals surface area contributed by atoms with Gasteiger partial charge in [0.2, 0.25) is 0 Å². The number of hydrogen-bond donors (Lipinski definition) is 0. The third-order valence-electron chi connectivity index (χ3n) is 5.24. The molecule has 1 aliphatic heterocycles. The maximum absolute atomic E-state index is 13.2. The highest BCUT2D eigenvalue weighted by Crippen LogP contribution is 2.46. The Labute approximate surface area is 202 Å². The fourth-order valence-electron chi connectivity index (χ4n) is 3.70. The summed E-state index contributed by atoms with van der Waals surface area (Å²) in [5.74, 6) is -2.67. The number of pyridine rings is 1. The number of aromatic nitrogens is 1. The molecule has 9 nitrogen and oxygen atoms in total. The molecule has 2 aromatic rings. The van der Waals surface area contributed by atoms with Crippen LogP contribution in [0.4, 0.5) is 13.2 Å². The summed E-state index contributed by atoms with van der Waals surface area (Å²) in [5.41, 5.74) is -6.77. The normalized spacial score (nSPS) is 17.0. The molecular weight excluding hydrogens is 539 g/mol. The van der Waals surface area contributed by atoms with Gasteiger partial charge in [0.1, 0.15) is 5.56 Å². The van der Waals surface area contributed by atoms with Crippen molar-refractivity contribution >= 4 is 37.5 Å². The monoisotopic (exact) mass is 555 g/mol. The smallest absolute Gasteiger partial charge is 0.459 e. The van der Waals surface area contributed by atoms with Crippen LogP contribution in [0.1, 0.15) is 48.7 Å². The molecule has 0 radical (unpaired) electrons. The molecular formula is C20H17ClF3NO8S2. The second-order valence-electron chi connectivity index (χ2n) is 8.31. The van der Waals surface area contributed by atoms with Gasteiger partial charge in [0.05, 0.1) is 27.5 Å². The molecule has 4 rings (SSSR count). The van der Waals surface area contributed by atoms with Crippen LogP contribution < -0.4 is 9.74 Å². The first-order valence-corrected chi connectivity index (χ1v) is 13.5. The van der Waals surface area contributed by atoms with E-state index in [1.165, 1.54) is 4.57 Å². The van der Waals surface area contributed by atoms with Gasteiger partial charge in [0, 0.05) is 17.7 Å². The molecule has 1 fully saturated rings. The second-order valence-corrected chi connectivity index (χ2v) is 12.2. The lowest BCUT2D eigenvalue weighted by atomic mass is 10.0. The molecule has 2 heterocycles. The van der Waals surface area contributed by atoms with E-state index in [9.17, 15) is 39.6 Å². The molecule has 0 bridgehead atoms. The minimum absolute atomic E-state index is 0.0901. The Kier molecular flexibility index (Phi) is 6.00. The third-order valence-corrected chi connectivity index (χ3v) is 8.20. The molecule has 0 amide bonds. The Bertz CT molecular complexity index is 1520. The Morgan fingerprint density at radius 2 is 1.83 bits per heavy atom. The number of hydrogen-bond acceptors (Lipinski definition) is 8. The highest BCUT2D eigenvalue weighted by molar-refractivity contribution is 7.91. The van der Waals surface area contributed by atoms with Gasteiger partial charge in [0.15, 0.2) is 15.6 Å². The maximum Gasteiger partial charge on any atom is 0.534 e. The van der Waals surface area contributed by atoms with Crippen LogP contribution in [-0.4, -0.2) is 39.0 Å². The Balaban J connectivity index is 1.96. The van der Waals surface area contributed by atoms with Crippen molar-refractivity contribution in [2.24, 2.45) is 0 Å². The van der Waals surface area contributed by atoms with E-state index in [0.29, 0.717) is 18.9 Å². The number of fused-ring (bicyclic) bond motifs is 3. The van der Waals surface area contributed by atoms with Gasteiger partial charge in [-0.15, -0.1) is 0 Å². The molecule has 0 unspecified atom stereocenters. The first-order chi connectivity index (χ1) is 16.0. The maximum atomic E-state index is 13.2. The van der Waals surface area contributed by atoms with Crippen molar-refractivity contribution in [3.8, 4) is 17.0 Å². The number of halogens is 4. The molecule has 15 heteroatoms. The molecule has 35 heavy (non-hydrogen) atoms. The predicted octanol–water partition coefficient (Wildman–Crippen LogP) is 3.58. The van der Waals surface area contributed by atoms with E-state index in [1.54, 1.807) is 13.8 Å². The van der Waals surface area contributed by atoms with Gasteiger partial charge in [-0.1, -0.05) is 11.6 Å². The van der Waals surface area contributed by atoms with Crippen LogP contribution in [-0.2, 0) is 30.4 Å². The summed E-state index contributed by atoms with van der Waals surface area (Å²) in [6.07, 6.45) is 0.591. The van der Waals surface area contributed by atoms with Gasteiger partial charge in [-0.25, -0.2) is 13.2 Å². The largest absolute Gasteiger partial charge is 0.534 e. The molecule has 0 saturated heterocycles. The van der Waals surface area contributed by atoms with Gasteiger partial charge in [-0.3, -0.25) is 4.79 Å². The number of esters is 1. The van der Waals surface area contributed by atoms with Crippen molar-refractivity contribution in [2.45, 2.75) is 55.0 Å². The Hall–Kier alpha value is -2.58. The van der Waals surface area contributed by atoms with Crippen molar-refractivity contribution in [3.63, 3.8) is 0 Å². The summed E-state index contributed by atoms with van der Waals surface area (Å²) in [7, 11) is -10.4. The van der Waals surface area contributed by atoms with Crippen LogP contribution in [0.5, 0.6) is 5.75 Å². The van der Waals surface area contributed by atoms with Gasteiger partial charge in [0.25, 0.3) is 5.56 Å². The van der Waals surface area contributed by atoms with Crippen LogP contribution in [0.3, 0.4) is 0 Å². The van der Waals surface area contributed by atoms with E-state index in [1.807, 2.05) is 0 Å². The summed E-state index contributed by atoms with van der Waals surface area (Å²) in [4.78, 5) is 25.2. The van der Waals surface area contributed by atoms with Crippen molar-refractivity contribution in [2.75, 3.05) is 0 Å². The van der Waals surface area contributed by atoms with E-state index in [2.05, 4.69) is 4.18 Å². The minimum atomic E-state index is -6.13. The van der Waals surface area contributed by atoms with Gasteiger partial charge < -0.3 is 13.5 Å². The molecule has 0 N–H and O–H groups in total. The first-order valence-electron chi connectivity index (χ1n) is 10.1. The lowest BCUT2D eigenvalue weighted by Crippen LogP contribution is -2.32. The molecule has 2 aliphatic rings. The lowest BCUT2D eigenvalue weighted by Gasteiger charge is -2.25. The molecule has 1 aliphatic carbocycles. The molecule has 1 aromatic carbocycles. The van der Waals surface area contributed by atoms with Crippen LogP contribution >= 0.6 is 11.6 Å². The molecule has 190 valence electrons. The van der Waals surface area contributed by atoms with Gasteiger partial charge in [-0.05, 0) is 44.4 Å². The zero-order valence-corrected chi connectivity index (χ0v) is 20.4. The zero-order valence-electron chi connectivity index (χ0n) is 18.0. The van der Waals surface area contributed by atoms with Crippen LogP contribution in [0.2, 0.25) is 5.02 Å². The lowest BCUT2D eigenvalue weighted by molar-refractivity contribution is -0.0500. The summed E-state index contributed by atoms with van der Waals surface area (Å²) >= 11 is 5.99. The fraction of sp³-hybridized carbons (Fsp3) is 0.400. The average molecular weight is 556 g/mol. The van der Waals surface area contributed by atoms with Crippen molar-refractivity contribution in [1.82, 2.24) is 4.57 Å². The zero-order chi connectivity index (χ0) is 26.1. The Morgan fingerprint density at radius 3 is 2.37 bits per heavy atom. The number of benzene rings is 1. The quantitative estimate of drug-likeness (QED) is 0.311. The summed E-state index contributed by atoms with van der Waals surface area (Å²) in [6, 6.07) is 2.28. The third kappa shape index (κ3) is 4.54. The first kappa shape index (κ1) is 25.5. The number of ether oxygens (including phenoxy) is 1. The Morgan fingerprint density at radius 1 is 1.20 bits per heavy atom. The number of alkyl halides is 3.